The van der Waals surface area contributed by atoms with Crippen LogP contribution < -0.4 is 5.73 Å². The number of nitrogens with zero attached hydrogens (tertiary/aromatic N) is 2. The lowest BCUT2D eigenvalue weighted by Gasteiger charge is -2.41. The fourth-order valence-corrected chi connectivity index (χ4v) is 4.31. The van der Waals surface area contributed by atoms with E-state index in [0.717, 1.165) is 25.6 Å². The summed E-state index contributed by atoms with van der Waals surface area (Å²) in [6.07, 6.45) is 6.91. The van der Waals surface area contributed by atoms with Crippen LogP contribution in [0.1, 0.15) is 39.0 Å². The summed E-state index contributed by atoms with van der Waals surface area (Å²) in [7, 11) is 0. The molecule has 0 aromatic heterocycles. The lowest BCUT2D eigenvalue weighted by Crippen LogP contribution is -2.58. The third-order valence-corrected chi connectivity index (χ3v) is 5.71. The molecular formula is C15H29N3O. The molecule has 2 N–H and O–H groups in total. The van der Waals surface area contributed by atoms with Gasteiger partial charge in [-0.2, -0.15) is 0 Å². The Hall–Kier alpha value is -0.160. The molecular weight excluding hydrogens is 238 g/mol. The Kier molecular flexibility index (Phi) is 4.13. The molecule has 3 aliphatic rings. The lowest BCUT2D eigenvalue weighted by molar-refractivity contribution is 0.0222. The summed E-state index contributed by atoms with van der Waals surface area (Å²) < 4.78 is 5.82. The third-order valence-electron chi connectivity index (χ3n) is 5.71. The second-order valence-electron chi connectivity index (χ2n) is 6.56. The molecule has 3 unspecified atom stereocenters. The number of likely N-dealkylation sites (tertiary alicyclic amines) is 2. The van der Waals surface area contributed by atoms with E-state index >= 15 is 0 Å². The Balaban J connectivity index is 1.64. The maximum absolute atomic E-state index is 6.13. The maximum atomic E-state index is 6.13. The lowest BCUT2D eigenvalue weighted by atomic mass is 9.90. The van der Waals surface area contributed by atoms with Gasteiger partial charge in [0.15, 0.2) is 0 Å². The largest absolute Gasteiger partial charge is 0.376 e. The van der Waals surface area contributed by atoms with Crippen LogP contribution in [0, 0.1) is 0 Å². The average Bonchev–Trinajstić information content (AvgIpc) is 3.07. The van der Waals surface area contributed by atoms with Crippen LogP contribution in [0.5, 0.6) is 0 Å². The molecule has 3 aliphatic heterocycles. The van der Waals surface area contributed by atoms with Gasteiger partial charge < -0.3 is 10.5 Å². The highest BCUT2D eigenvalue weighted by Gasteiger charge is 2.48. The monoisotopic (exact) mass is 267 g/mol. The standard InChI is InChI=1S/C15H29N3O/c1-13-15(12-16,6-10-19-13)18-9-5-14(11-18)17-7-3-2-4-8-17/h13-14H,2-12,16H2,1H3. The summed E-state index contributed by atoms with van der Waals surface area (Å²) in [6.45, 7) is 8.83. The predicted octanol–water partition coefficient (Wildman–Crippen LogP) is 1.05. The third kappa shape index (κ3) is 2.44. The minimum atomic E-state index is 0.116. The smallest absolute Gasteiger partial charge is 0.0743 e. The second kappa shape index (κ2) is 5.68. The zero-order chi connectivity index (χ0) is 13.3. The summed E-state index contributed by atoms with van der Waals surface area (Å²) in [5, 5.41) is 0. The van der Waals surface area contributed by atoms with Crippen LogP contribution in [0.25, 0.3) is 0 Å². The molecule has 3 rings (SSSR count). The number of ether oxygens (including phenoxy) is 1. The van der Waals surface area contributed by atoms with Crippen molar-refractivity contribution in [3.8, 4) is 0 Å². The van der Waals surface area contributed by atoms with Gasteiger partial charge in [0.25, 0.3) is 0 Å². The van der Waals surface area contributed by atoms with Gasteiger partial charge in [0.1, 0.15) is 0 Å². The van der Waals surface area contributed by atoms with Gasteiger partial charge in [-0.1, -0.05) is 6.42 Å². The number of rotatable bonds is 3. The first-order valence-electron chi connectivity index (χ1n) is 8.07. The first-order chi connectivity index (χ1) is 9.26. The Morgan fingerprint density at radius 1 is 1.21 bits per heavy atom. The summed E-state index contributed by atoms with van der Waals surface area (Å²) in [4.78, 5) is 5.36. The zero-order valence-electron chi connectivity index (χ0n) is 12.3. The molecule has 0 aliphatic carbocycles. The van der Waals surface area contributed by atoms with E-state index in [1.807, 2.05) is 0 Å². The predicted molar refractivity (Wildman–Crippen MR) is 77.2 cm³/mol. The molecule has 0 spiro atoms. The average molecular weight is 267 g/mol. The van der Waals surface area contributed by atoms with E-state index in [9.17, 15) is 0 Å². The Morgan fingerprint density at radius 3 is 2.63 bits per heavy atom. The number of hydrogen-bond acceptors (Lipinski definition) is 4. The summed E-state index contributed by atoms with van der Waals surface area (Å²) in [5.74, 6) is 0. The topological polar surface area (TPSA) is 41.7 Å². The fourth-order valence-electron chi connectivity index (χ4n) is 4.31. The van der Waals surface area contributed by atoms with Crippen molar-refractivity contribution in [2.45, 2.75) is 56.7 Å². The highest BCUT2D eigenvalue weighted by atomic mass is 16.5. The molecule has 0 aromatic rings. The molecule has 0 radical (unpaired) electrons. The number of piperidine rings is 1. The van der Waals surface area contributed by atoms with E-state index in [4.69, 9.17) is 10.5 Å². The van der Waals surface area contributed by atoms with Crippen LogP contribution in [0.3, 0.4) is 0 Å². The minimum Gasteiger partial charge on any atom is -0.376 e. The summed E-state index contributed by atoms with van der Waals surface area (Å²) >= 11 is 0. The first kappa shape index (κ1) is 13.8. The summed E-state index contributed by atoms with van der Waals surface area (Å²) in [5.41, 5.74) is 6.24. The summed E-state index contributed by atoms with van der Waals surface area (Å²) in [6, 6.07) is 0.761. The Morgan fingerprint density at radius 2 is 2.00 bits per heavy atom. The molecule has 3 atom stereocenters. The van der Waals surface area contributed by atoms with Crippen molar-refractivity contribution in [3.05, 3.63) is 0 Å². The van der Waals surface area contributed by atoms with Crippen LogP contribution in [-0.2, 0) is 4.74 Å². The SMILES string of the molecule is CC1OCCC1(CN)N1CCC(N2CCCCC2)C1. The van der Waals surface area contributed by atoms with Gasteiger partial charge in [-0.15, -0.1) is 0 Å². The van der Waals surface area contributed by atoms with Crippen LogP contribution in [0.15, 0.2) is 0 Å². The number of hydrogen-bond donors (Lipinski definition) is 1. The number of nitrogens with two attached hydrogens (primary N) is 1. The fraction of sp³-hybridized carbons (Fsp3) is 1.00. The van der Waals surface area contributed by atoms with Crippen molar-refractivity contribution in [3.63, 3.8) is 0 Å². The molecule has 3 fully saturated rings. The molecule has 3 saturated heterocycles. The molecule has 3 heterocycles. The highest BCUT2D eigenvalue weighted by molar-refractivity contribution is 5.04. The van der Waals surface area contributed by atoms with Gasteiger partial charge >= 0.3 is 0 Å². The van der Waals surface area contributed by atoms with Gasteiger partial charge in [0.2, 0.25) is 0 Å². The van der Waals surface area contributed by atoms with Crippen molar-refractivity contribution < 1.29 is 4.74 Å². The molecule has 4 heteroatoms. The molecule has 110 valence electrons. The molecule has 4 nitrogen and oxygen atoms in total. The van der Waals surface area contributed by atoms with Gasteiger partial charge in [-0.25, -0.2) is 0 Å². The Bertz CT molecular complexity index is 306. The van der Waals surface area contributed by atoms with Gasteiger partial charge in [0, 0.05) is 32.3 Å². The molecule has 0 bridgehead atoms. The zero-order valence-corrected chi connectivity index (χ0v) is 12.3. The first-order valence-corrected chi connectivity index (χ1v) is 8.07. The van der Waals surface area contributed by atoms with E-state index in [-0.39, 0.29) is 11.6 Å². The molecule has 0 aromatic carbocycles. The normalized spacial score (nSPS) is 42.0. The van der Waals surface area contributed by atoms with Crippen LogP contribution >= 0.6 is 0 Å². The van der Waals surface area contributed by atoms with E-state index in [0.29, 0.717) is 0 Å². The van der Waals surface area contributed by atoms with Gasteiger partial charge in [-0.3, -0.25) is 9.80 Å². The van der Waals surface area contributed by atoms with Crippen molar-refractivity contribution in [1.82, 2.24) is 9.80 Å². The van der Waals surface area contributed by atoms with Gasteiger partial charge in [-0.05, 0) is 45.7 Å². The van der Waals surface area contributed by atoms with Crippen LogP contribution in [-0.4, -0.2) is 66.8 Å². The van der Waals surface area contributed by atoms with Crippen LogP contribution in [0.2, 0.25) is 0 Å². The van der Waals surface area contributed by atoms with Crippen molar-refractivity contribution in [2.24, 2.45) is 5.73 Å². The van der Waals surface area contributed by atoms with E-state index in [1.165, 1.54) is 51.9 Å². The molecule has 19 heavy (non-hydrogen) atoms. The molecule has 0 amide bonds. The molecule has 0 saturated carbocycles. The maximum Gasteiger partial charge on any atom is 0.0743 e. The minimum absolute atomic E-state index is 0.116. The quantitative estimate of drug-likeness (QED) is 0.830. The Labute approximate surface area is 117 Å². The highest BCUT2D eigenvalue weighted by Crippen LogP contribution is 2.35. The van der Waals surface area contributed by atoms with Crippen molar-refractivity contribution >= 4 is 0 Å². The van der Waals surface area contributed by atoms with E-state index in [2.05, 4.69) is 16.7 Å². The van der Waals surface area contributed by atoms with E-state index in [1.54, 1.807) is 0 Å². The van der Waals surface area contributed by atoms with E-state index < -0.39 is 0 Å². The van der Waals surface area contributed by atoms with Crippen LogP contribution in [0.4, 0.5) is 0 Å². The second-order valence-corrected chi connectivity index (χ2v) is 6.56. The van der Waals surface area contributed by atoms with Gasteiger partial charge in [0.05, 0.1) is 11.6 Å². The van der Waals surface area contributed by atoms with Crippen molar-refractivity contribution in [1.29, 1.82) is 0 Å². The van der Waals surface area contributed by atoms with Crippen molar-refractivity contribution in [2.75, 3.05) is 39.3 Å².